The van der Waals surface area contributed by atoms with E-state index in [4.69, 9.17) is 0 Å². The van der Waals surface area contributed by atoms with Gasteiger partial charge in [0.1, 0.15) is 0 Å². The van der Waals surface area contributed by atoms with Crippen LogP contribution in [0.5, 0.6) is 0 Å². The van der Waals surface area contributed by atoms with Crippen LogP contribution in [0.25, 0.3) is 0 Å². The van der Waals surface area contributed by atoms with Gasteiger partial charge in [-0.25, -0.2) is 0 Å². The lowest BCUT2D eigenvalue weighted by atomic mass is 9.90. The van der Waals surface area contributed by atoms with Gasteiger partial charge in [-0.2, -0.15) is 0 Å². The van der Waals surface area contributed by atoms with Gasteiger partial charge in [0.2, 0.25) is 11.8 Å². The van der Waals surface area contributed by atoms with Crippen LogP contribution in [-0.4, -0.2) is 18.4 Å². The first-order valence-electron chi connectivity index (χ1n) is 8.94. The number of hydrogen-bond acceptors (Lipinski definition) is 2. The molecule has 3 rings (SSSR count). The summed E-state index contributed by atoms with van der Waals surface area (Å²) in [5.41, 5.74) is 5.50. The molecule has 1 aliphatic rings. The second kappa shape index (κ2) is 8.49. The van der Waals surface area contributed by atoms with Crippen molar-refractivity contribution in [2.75, 3.05) is 11.9 Å². The Balaban J connectivity index is 1.50. The average molecular weight is 415 g/mol. The highest BCUT2D eigenvalue weighted by molar-refractivity contribution is 9.10. The molecule has 26 heavy (non-hydrogen) atoms. The van der Waals surface area contributed by atoms with Gasteiger partial charge in [0.25, 0.3) is 0 Å². The molecule has 0 aliphatic heterocycles. The molecule has 0 aromatic heterocycles. The Morgan fingerprint density at radius 1 is 1.00 bits per heavy atom. The van der Waals surface area contributed by atoms with E-state index < -0.39 is 0 Å². The van der Waals surface area contributed by atoms with E-state index in [1.165, 1.54) is 24.0 Å². The van der Waals surface area contributed by atoms with Gasteiger partial charge in [0.15, 0.2) is 0 Å². The molecule has 5 heteroatoms. The molecule has 0 unspecified atom stereocenters. The lowest BCUT2D eigenvalue weighted by Crippen LogP contribution is -2.33. The van der Waals surface area contributed by atoms with Crippen molar-refractivity contribution in [2.45, 2.75) is 39.0 Å². The lowest BCUT2D eigenvalue weighted by Gasteiger charge is -2.16. The summed E-state index contributed by atoms with van der Waals surface area (Å²) >= 11 is 3.40. The first kappa shape index (κ1) is 18.6. The van der Waals surface area contributed by atoms with E-state index in [0.717, 1.165) is 34.1 Å². The minimum atomic E-state index is -0.228. The van der Waals surface area contributed by atoms with Gasteiger partial charge in [0, 0.05) is 10.2 Å². The number of amides is 2. The third-order valence-electron chi connectivity index (χ3n) is 4.69. The first-order valence-corrected chi connectivity index (χ1v) is 9.74. The maximum Gasteiger partial charge on any atom is 0.243 e. The van der Waals surface area contributed by atoms with Crippen molar-refractivity contribution >= 4 is 33.4 Å². The summed E-state index contributed by atoms with van der Waals surface area (Å²) in [7, 11) is 0. The maximum atomic E-state index is 12.2. The van der Waals surface area contributed by atoms with E-state index in [1.54, 1.807) is 0 Å². The molecule has 2 aromatic rings. The van der Waals surface area contributed by atoms with Crippen molar-refractivity contribution in [3.63, 3.8) is 0 Å². The Morgan fingerprint density at radius 2 is 1.77 bits per heavy atom. The molecule has 1 aliphatic carbocycles. The smallest absolute Gasteiger partial charge is 0.243 e. The summed E-state index contributed by atoms with van der Waals surface area (Å²) in [5.74, 6) is -0.363. The zero-order valence-electron chi connectivity index (χ0n) is 14.9. The number of carbonyl (C=O) groups is 2. The van der Waals surface area contributed by atoms with Gasteiger partial charge in [-0.1, -0.05) is 34.1 Å². The molecule has 2 aromatic carbocycles. The van der Waals surface area contributed by atoms with Crippen LogP contribution >= 0.6 is 15.9 Å². The second-order valence-corrected chi connectivity index (χ2v) is 7.69. The quantitative estimate of drug-likeness (QED) is 0.778. The molecule has 0 saturated heterocycles. The topological polar surface area (TPSA) is 58.2 Å². The minimum absolute atomic E-state index is 0.0285. The highest BCUT2D eigenvalue weighted by Gasteiger charge is 2.12. The van der Waals surface area contributed by atoms with Crippen LogP contribution in [0.15, 0.2) is 40.9 Å². The molecular formula is C21H23BrN2O2. The Hall–Kier alpha value is -2.14. The fourth-order valence-corrected chi connectivity index (χ4v) is 3.76. The Morgan fingerprint density at radius 3 is 2.54 bits per heavy atom. The summed E-state index contributed by atoms with van der Waals surface area (Å²) in [5, 5.41) is 5.52. The van der Waals surface area contributed by atoms with Crippen LogP contribution < -0.4 is 10.6 Å². The van der Waals surface area contributed by atoms with Crippen LogP contribution in [0.1, 0.15) is 35.1 Å². The average Bonchev–Trinajstić information content (AvgIpc) is 2.62. The zero-order chi connectivity index (χ0) is 18.5. The SMILES string of the molecule is Cc1cc(Br)ccc1NC(=O)CNC(=O)Cc1ccc2c(c1)CCCC2. The van der Waals surface area contributed by atoms with E-state index in [1.807, 2.05) is 31.2 Å². The van der Waals surface area contributed by atoms with Crippen molar-refractivity contribution < 1.29 is 9.59 Å². The molecule has 0 bridgehead atoms. The number of anilines is 1. The van der Waals surface area contributed by atoms with Gasteiger partial charge in [0.05, 0.1) is 13.0 Å². The van der Waals surface area contributed by atoms with Gasteiger partial charge in [-0.3, -0.25) is 9.59 Å². The van der Waals surface area contributed by atoms with Gasteiger partial charge < -0.3 is 10.6 Å². The number of rotatable bonds is 5. The predicted octanol–water partition coefficient (Wildman–Crippen LogP) is 3.93. The fraction of sp³-hybridized carbons (Fsp3) is 0.333. The second-order valence-electron chi connectivity index (χ2n) is 6.77. The van der Waals surface area contributed by atoms with Crippen molar-refractivity contribution in [1.29, 1.82) is 0 Å². The molecule has 4 nitrogen and oxygen atoms in total. The maximum absolute atomic E-state index is 12.2. The molecule has 136 valence electrons. The van der Waals surface area contributed by atoms with Gasteiger partial charge in [-0.15, -0.1) is 0 Å². The number of hydrogen-bond donors (Lipinski definition) is 2. The van der Waals surface area contributed by atoms with E-state index in [2.05, 4.69) is 38.7 Å². The summed E-state index contributed by atoms with van der Waals surface area (Å²) < 4.78 is 0.964. The number of fused-ring (bicyclic) bond motifs is 1. The van der Waals surface area contributed by atoms with Crippen molar-refractivity contribution in [1.82, 2.24) is 5.32 Å². The Labute approximate surface area is 162 Å². The molecule has 0 heterocycles. The largest absolute Gasteiger partial charge is 0.347 e. The van der Waals surface area contributed by atoms with Crippen molar-refractivity contribution in [3.05, 3.63) is 63.1 Å². The summed E-state index contributed by atoms with van der Waals surface area (Å²) in [4.78, 5) is 24.2. The molecule has 2 amide bonds. The minimum Gasteiger partial charge on any atom is -0.347 e. The first-order chi connectivity index (χ1) is 12.5. The van der Waals surface area contributed by atoms with Crippen LogP contribution in [0.4, 0.5) is 5.69 Å². The molecule has 0 radical (unpaired) electrons. The van der Waals surface area contributed by atoms with Crippen molar-refractivity contribution in [2.24, 2.45) is 0 Å². The van der Waals surface area contributed by atoms with E-state index in [0.29, 0.717) is 6.42 Å². The normalized spacial score (nSPS) is 13.0. The Bertz CT molecular complexity index is 833. The molecular weight excluding hydrogens is 392 g/mol. The Kier molecular flexibility index (Phi) is 6.09. The third kappa shape index (κ3) is 4.94. The van der Waals surface area contributed by atoms with Gasteiger partial charge in [-0.05, 0) is 73.1 Å². The van der Waals surface area contributed by atoms with Crippen LogP contribution in [-0.2, 0) is 28.9 Å². The lowest BCUT2D eigenvalue weighted by molar-refractivity contribution is -0.123. The van der Waals surface area contributed by atoms with Crippen molar-refractivity contribution in [3.8, 4) is 0 Å². The predicted molar refractivity (Wildman–Crippen MR) is 107 cm³/mol. The number of aryl methyl sites for hydroxylation is 3. The summed E-state index contributed by atoms with van der Waals surface area (Å²) in [6.45, 7) is 1.90. The van der Waals surface area contributed by atoms with E-state index in [9.17, 15) is 9.59 Å². The number of halogens is 1. The molecule has 0 spiro atoms. The van der Waals surface area contributed by atoms with Crippen LogP contribution in [0, 0.1) is 6.92 Å². The fourth-order valence-electron chi connectivity index (χ4n) is 3.29. The highest BCUT2D eigenvalue weighted by atomic mass is 79.9. The van der Waals surface area contributed by atoms with E-state index in [-0.39, 0.29) is 18.4 Å². The number of carbonyl (C=O) groups excluding carboxylic acids is 2. The standard InChI is InChI=1S/C21H23BrN2O2/c1-14-10-18(22)8-9-19(14)24-21(26)13-23-20(25)12-15-6-7-16-4-2-3-5-17(16)11-15/h6-11H,2-5,12-13H2,1H3,(H,23,25)(H,24,26). The van der Waals surface area contributed by atoms with Crippen LogP contribution in [0.3, 0.4) is 0 Å². The molecule has 0 saturated carbocycles. The number of benzene rings is 2. The summed E-state index contributed by atoms with van der Waals surface area (Å²) in [6.07, 6.45) is 5.01. The number of nitrogens with one attached hydrogen (secondary N) is 2. The van der Waals surface area contributed by atoms with Crippen LogP contribution in [0.2, 0.25) is 0 Å². The third-order valence-corrected chi connectivity index (χ3v) is 5.18. The molecule has 0 atom stereocenters. The monoisotopic (exact) mass is 414 g/mol. The zero-order valence-corrected chi connectivity index (χ0v) is 16.5. The summed E-state index contributed by atoms with van der Waals surface area (Å²) in [6, 6.07) is 11.9. The van der Waals surface area contributed by atoms with Gasteiger partial charge >= 0.3 is 0 Å². The highest BCUT2D eigenvalue weighted by Crippen LogP contribution is 2.22. The molecule has 2 N–H and O–H groups in total. The van der Waals surface area contributed by atoms with E-state index >= 15 is 0 Å². The molecule has 0 fully saturated rings.